The third-order valence-corrected chi connectivity index (χ3v) is 12.7. The van der Waals surface area contributed by atoms with Gasteiger partial charge in [0.15, 0.2) is 17.2 Å². The zero-order valence-electron chi connectivity index (χ0n) is 40.9. The number of hydrogen-bond donors (Lipinski definition) is 5. The van der Waals surface area contributed by atoms with Gasteiger partial charge in [-0.2, -0.15) is 9.97 Å². The van der Waals surface area contributed by atoms with Crippen molar-refractivity contribution in [3.05, 3.63) is 105 Å². The molecule has 2 atom stereocenters. The van der Waals surface area contributed by atoms with E-state index in [2.05, 4.69) is 57.7 Å². The van der Waals surface area contributed by atoms with E-state index in [9.17, 15) is 24.0 Å². The molecular formula is C53H67N11O5. The number of nitrogen functional groups attached to an aromatic ring is 1. The number of unbranched alkanes of at least 4 members (excludes halogenated alkanes) is 1. The van der Waals surface area contributed by atoms with Crippen molar-refractivity contribution in [3.63, 3.8) is 0 Å². The van der Waals surface area contributed by atoms with E-state index in [0.717, 1.165) is 71.5 Å². The van der Waals surface area contributed by atoms with Crippen molar-refractivity contribution in [2.75, 3.05) is 55.6 Å². The Morgan fingerprint density at radius 3 is 2.32 bits per heavy atom. The topological polar surface area (TPSA) is 213 Å². The molecule has 364 valence electrons. The van der Waals surface area contributed by atoms with Crippen LogP contribution in [0, 0.1) is 11.8 Å². The number of H-pyrrole nitrogens is 1. The Morgan fingerprint density at radius 2 is 1.62 bits per heavy atom. The summed E-state index contributed by atoms with van der Waals surface area (Å²) in [6, 6.07) is 20.7. The third-order valence-electron chi connectivity index (χ3n) is 12.7. The number of amides is 3. The highest BCUT2D eigenvalue weighted by Gasteiger charge is 2.30. The summed E-state index contributed by atoms with van der Waals surface area (Å²) in [5, 5.41) is 9.45. The van der Waals surface area contributed by atoms with Crippen LogP contribution in [0.25, 0.3) is 28.4 Å². The molecule has 2 unspecified atom stereocenters. The molecule has 0 spiro atoms. The Bertz CT molecular complexity index is 2770. The Labute approximate surface area is 404 Å². The first-order valence-electron chi connectivity index (χ1n) is 24.5. The zero-order valence-corrected chi connectivity index (χ0v) is 40.9. The second-order valence-electron chi connectivity index (χ2n) is 18.6. The number of aliphatic imine (C=N–C) groups is 1. The van der Waals surface area contributed by atoms with Gasteiger partial charge >= 0.3 is 5.69 Å². The number of rotatable bonds is 20. The van der Waals surface area contributed by atoms with Crippen LogP contribution in [0.2, 0.25) is 0 Å². The minimum absolute atomic E-state index is 0.0432. The van der Waals surface area contributed by atoms with Gasteiger partial charge in [0.25, 0.3) is 11.8 Å². The van der Waals surface area contributed by atoms with Gasteiger partial charge in [0.2, 0.25) is 11.9 Å². The molecule has 3 amide bonds. The highest BCUT2D eigenvalue weighted by molar-refractivity contribution is 6.10. The monoisotopic (exact) mass is 938 g/mol. The fourth-order valence-electron chi connectivity index (χ4n) is 9.04. The second-order valence-corrected chi connectivity index (χ2v) is 18.6. The van der Waals surface area contributed by atoms with Crippen molar-refractivity contribution in [2.24, 2.45) is 16.8 Å². The number of aromatic nitrogens is 4. The summed E-state index contributed by atoms with van der Waals surface area (Å²) in [6.07, 6.45) is 7.57. The molecule has 1 saturated heterocycles. The molecular weight excluding hydrogens is 871 g/mol. The minimum atomic E-state index is -0.373. The summed E-state index contributed by atoms with van der Waals surface area (Å²) in [4.78, 5) is 86.8. The number of amidine groups is 1. The lowest BCUT2D eigenvalue weighted by Crippen LogP contribution is -2.34. The number of anilines is 3. The van der Waals surface area contributed by atoms with Crippen LogP contribution in [0.3, 0.4) is 0 Å². The van der Waals surface area contributed by atoms with Crippen molar-refractivity contribution < 1.29 is 19.2 Å². The molecule has 7 rings (SSSR count). The van der Waals surface area contributed by atoms with Gasteiger partial charge in [-0.1, -0.05) is 70.5 Å². The molecule has 2 aliphatic heterocycles. The minimum Gasteiger partial charge on any atom is -0.382 e. The van der Waals surface area contributed by atoms with Gasteiger partial charge in [0.1, 0.15) is 11.4 Å². The maximum absolute atomic E-state index is 13.7. The SMILES string of the molecule is CCCCNc1nc(N)c2[nH]c(=O)n(Cc3ccc(C(=O)NCC(=O)C(C)CC4CCN(C(=O)c5ccc(-c6ccc7c(c6)NC(=NC(C)C)CC(C(=O)N(CCC)CCC)=C7)cc5)C4)cc3)c2n1. The maximum Gasteiger partial charge on any atom is 0.328 e. The van der Waals surface area contributed by atoms with Gasteiger partial charge in [-0.05, 0) is 111 Å². The van der Waals surface area contributed by atoms with Crippen molar-refractivity contribution in [2.45, 2.75) is 99.1 Å². The largest absolute Gasteiger partial charge is 0.382 e. The molecule has 2 aromatic heterocycles. The Balaban J connectivity index is 0.903. The summed E-state index contributed by atoms with van der Waals surface area (Å²) in [7, 11) is 0. The number of carbonyl (C=O) groups is 4. The first kappa shape index (κ1) is 49.8. The molecule has 4 heterocycles. The number of nitrogens with zero attached hydrogens (tertiary/aromatic N) is 6. The molecule has 6 N–H and O–H groups in total. The number of aromatic amines is 1. The lowest BCUT2D eigenvalue weighted by Gasteiger charge is -2.23. The Hall–Kier alpha value is -7.10. The first-order chi connectivity index (χ1) is 33.2. The van der Waals surface area contributed by atoms with Gasteiger partial charge < -0.3 is 36.5 Å². The molecule has 3 aromatic carbocycles. The van der Waals surface area contributed by atoms with Crippen molar-refractivity contribution >= 4 is 64.0 Å². The van der Waals surface area contributed by atoms with E-state index >= 15 is 0 Å². The third kappa shape index (κ3) is 12.3. The smallest absolute Gasteiger partial charge is 0.328 e. The molecule has 0 radical (unpaired) electrons. The Kier molecular flexibility index (Phi) is 16.5. The molecule has 16 heteroatoms. The number of imidazole rings is 1. The summed E-state index contributed by atoms with van der Waals surface area (Å²) in [5.74, 6) is 0.714. The van der Waals surface area contributed by atoms with E-state index in [1.165, 1.54) is 4.57 Å². The number of Topliss-reactive ketones (excluding diaryl/α,β-unsaturated/α-hetero) is 1. The van der Waals surface area contributed by atoms with Crippen LogP contribution in [0.15, 0.2) is 82.1 Å². The predicted octanol–water partition coefficient (Wildman–Crippen LogP) is 7.77. The van der Waals surface area contributed by atoms with E-state index in [-0.39, 0.29) is 66.0 Å². The van der Waals surface area contributed by atoms with E-state index in [1.807, 2.05) is 73.0 Å². The molecule has 2 aliphatic rings. The molecule has 0 bridgehead atoms. The van der Waals surface area contributed by atoms with Crippen LogP contribution in [0.5, 0.6) is 0 Å². The van der Waals surface area contributed by atoms with E-state index in [0.29, 0.717) is 73.8 Å². The van der Waals surface area contributed by atoms with Crippen LogP contribution in [0.1, 0.15) is 118 Å². The molecule has 5 aromatic rings. The fraction of sp³-hybridized carbons (Fsp3) is 0.434. The number of carbonyl (C=O) groups excluding carboxylic acids is 4. The quantitative estimate of drug-likeness (QED) is 0.0478. The van der Waals surface area contributed by atoms with Crippen LogP contribution < -0.4 is 27.4 Å². The number of fused-ring (bicyclic) bond motifs is 2. The van der Waals surface area contributed by atoms with E-state index in [1.54, 1.807) is 24.3 Å². The van der Waals surface area contributed by atoms with Crippen LogP contribution in [-0.2, 0) is 16.1 Å². The van der Waals surface area contributed by atoms with Gasteiger partial charge in [-0.25, -0.2) is 4.79 Å². The number of ketones is 1. The lowest BCUT2D eigenvalue weighted by atomic mass is 9.92. The molecule has 0 saturated carbocycles. The number of nitrogens with two attached hydrogens (primary N) is 1. The average molecular weight is 938 g/mol. The normalized spacial score (nSPS) is 15.6. The predicted molar refractivity (Wildman–Crippen MR) is 274 cm³/mol. The highest BCUT2D eigenvalue weighted by Crippen LogP contribution is 2.32. The average Bonchev–Trinajstić information content (AvgIpc) is 3.88. The molecule has 69 heavy (non-hydrogen) atoms. The van der Waals surface area contributed by atoms with Gasteiger partial charge in [-0.15, -0.1) is 0 Å². The van der Waals surface area contributed by atoms with Crippen molar-refractivity contribution in [3.8, 4) is 11.1 Å². The number of hydrogen-bond acceptors (Lipinski definition) is 10. The lowest BCUT2D eigenvalue weighted by molar-refractivity contribution is -0.127. The maximum atomic E-state index is 13.7. The summed E-state index contributed by atoms with van der Waals surface area (Å²) < 4.78 is 1.48. The molecule has 0 aliphatic carbocycles. The zero-order chi connectivity index (χ0) is 49.2. The van der Waals surface area contributed by atoms with Gasteiger partial charge in [0.05, 0.1) is 13.1 Å². The Morgan fingerprint density at radius 1 is 0.913 bits per heavy atom. The summed E-state index contributed by atoms with van der Waals surface area (Å²) in [6.45, 7) is 15.6. The number of benzene rings is 3. The molecule has 16 nitrogen and oxygen atoms in total. The summed E-state index contributed by atoms with van der Waals surface area (Å²) in [5.41, 5.74) is 12.7. The van der Waals surface area contributed by atoms with E-state index < -0.39 is 0 Å². The van der Waals surface area contributed by atoms with Crippen LogP contribution >= 0.6 is 0 Å². The summed E-state index contributed by atoms with van der Waals surface area (Å²) >= 11 is 0. The standard InChI is InChI=1S/C53H67N11O5/c1-7-10-22-55-52-60-47(54)46-48(61-52)64(53(69)59-46)32-35-11-13-38(14-12-35)49(66)56-30-44(65)34(6)26-36-21-25-63(31-36)50(67)39-17-15-37(16-18-39)40-19-20-41-27-42(51(68)62(23-8-2)24-9-3)29-45(57-33(4)5)58-43(41)28-40/h11-20,27-28,33-34,36H,7-10,21-26,29-32H2,1-6H3,(H,56,66)(H,57,58)(H,59,69)(H3,54,55,60,61). The molecule has 1 fully saturated rings. The fourth-order valence-corrected chi connectivity index (χ4v) is 9.04. The van der Waals surface area contributed by atoms with Gasteiger partial charge in [0, 0.05) is 73.5 Å². The highest BCUT2D eigenvalue weighted by atomic mass is 16.2. The van der Waals surface area contributed by atoms with Crippen LogP contribution in [0.4, 0.5) is 17.5 Å². The van der Waals surface area contributed by atoms with E-state index in [4.69, 9.17) is 10.7 Å². The van der Waals surface area contributed by atoms with Gasteiger partial charge in [-0.3, -0.25) is 28.7 Å². The number of likely N-dealkylation sites (tertiary alicyclic amines) is 1. The van der Waals surface area contributed by atoms with Crippen LogP contribution in [-0.4, -0.2) is 104 Å². The first-order valence-corrected chi connectivity index (χ1v) is 24.5. The van der Waals surface area contributed by atoms with Crippen molar-refractivity contribution in [1.82, 2.24) is 34.6 Å². The second kappa shape index (κ2) is 22.8. The van der Waals surface area contributed by atoms with Crippen molar-refractivity contribution in [1.29, 1.82) is 0 Å². The number of nitrogens with one attached hydrogen (secondary N) is 4.